The van der Waals surface area contributed by atoms with Crippen molar-refractivity contribution in [2.75, 3.05) is 11.5 Å². The number of nitrogens with two attached hydrogens (primary N) is 1. The predicted molar refractivity (Wildman–Crippen MR) is 74.3 cm³/mol. The maximum atomic E-state index is 12.8. The molecule has 2 N–H and O–H groups in total. The van der Waals surface area contributed by atoms with Crippen LogP contribution >= 0.6 is 0 Å². The molecule has 0 spiro atoms. The fourth-order valence-corrected chi connectivity index (χ4v) is 2.53. The van der Waals surface area contributed by atoms with E-state index in [0.29, 0.717) is 12.8 Å². The number of rotatable bonds is 2. The Kier molecular flexibility index (Phi) is 4.32. The molecule has 8 heteroatoms. The molecule has 0 saturated carbocycles. The summed E-state index contributed by atoms with van der Waals surface area (Å²) in [5.41, 5.74) is 4.77. The SMILES string of the molecule is CCOC(=O)N1c2ccc(C(F)(F)F)nc2CCC1(N)CC. The van der Waals surface area contributed by atoms with Gasteiger partial charge < -0.3 is 10.5 Å². The highest BCUT2D eigenvalue weighted by molar-refractivity contribution is 5.90. The fourth-order valence-electron chi connectivity index (χ4n) is 2.53. The van der Waals surface area contributed by atoms with E-state index in [1.54, 1.807) is 6.92 Å². The van der Waals surface area contributed by atoms with Crippen LogP contribution in [0.25, 0.3) is 0 Å². The van der Waals surface area contributed by atoms with Gasteiger partial charge in [-0.1, -0.05) is 6.92 Å². The molecule has 0 saturated heterocycles. The molecule has 0 bridgehead atoms. The second kappa shape index (κ2) is 5.75. The molecule has 1 aromatic rings. The minimum Gasteiger partial charge on any atom is -0.449 e. The number of alkyl halides is 3. The molecule has 122 valence electrons. The second-order valence-electron chi connectivity index (χ2n) is 5.15. The number of hydrogen-bond donors (Lipinski definition) is 1. The van der Waals surface area contributed by atoms with Crippen molar-refractivity contribution in [2.24, 2.45) is 5.73 Å². The van der Waals surface area contributed by atoms with E-state index >= 15 is 0 Å². The summed E-state index contributed by atoms with van der Waals surface area (Å²) in [5.74, 6) is 0. The number of hydrogen-bond acceptors (Lipinski definition) is 4. The van der Waals surface area contributed by atoms with Crippen LogP contribution in [-0.2, 0) is 17.3 Å². The van der Waals surface area contributed by atoms with Gasteiger partial charge in [-0.3, -0.25) is 4.90 Å². The monoisotopic (exact) mass is 317 g/mol. The summed E-state index contributed by atoms with van der Waals surface area (Å²) in [4.78, 5) is 17.1. The topological polar surface area (TPSA) is 68.5 Å². The van der Waals surface area contributed by atoms with Gasteiger partial charge in [-0.25, -0.2) is 9.78 Å². The van der Waals surface area contributed by atoms with Crippen molar-refractivity contribution in [3.8, 4) is 0 Å². The highest BCUT2D eigenvalue weighted by atomic mass is 19.4. The van der Waals surface area contributed by atoms with E-state index in [0.717, 1.165) is 6.07 Å². The molecular formula is C14H18F3N3O2. The molecular weight excluding hydrogens is 299 g/mol. The lowest BCUT2D eigenvalue weighted by molar-refractivity contribution is -0.141. The Labute approximate surface area is 126 Å². The summed E-state index contributed by atoms with van der Waals surface area (Å²) in [5, 5.41) is 0. The van der Waals surface area contributed by atoms with Crippen molar-refractivity contribution in [1.29, 1.82) is 0 Å². The highest BCUT2D eigenvalue weighted by Crippen LogP contribution is 2.38. The Morgan fingerprint density at radius 1 is 1.45 bits per heavy atom. The van der Waals surface area contributed by atoms with Gasteiger partial charge in [0, 0.05) is 0 Å². The Balaban J connectivity index is 2.49. The van der Waals surface area contributed by atoms with Crippen molar-refractivity contribution in [2.45, 2.75) is 44.9 Å². The standard InChI is InChI=1S/C14H18F3N3O2/c1-3-13(18)8-7-9-10(20(13)12(21)22-4-2)5-6-11(19-9)14(15,16)17/h5-6H,3-4,7-8,18H2,1-2H3. The van der Waals surface area contributed by atoms with Crippen LogP contribution in [0, 0.1) is 0 Å². The summed E-state index contributed by atoms with van der Waals surface area (Å²) in [7, 11) is 0. The Morgan fingerprint density at radius 2 is 2.14 bits per heavy atom. The molecule has 1 amide bonds. The highest BCUT2D eigenvalue weighted by Gasteiger charge is 2.43. The maximum absolute atomic E-state index is 12.8. The van der Waals surface area contributed by atoms with Gasteiger partial charge in [0.25, 0.3) is 0 Å². The lowest BCUT2D eigenvalue weighted by atomic mass is 9.92. The third-order valence-electron chi connectivity index (χ3n) is 3.78. The van der Waals surface area contributed by atoms with Crippen LogP contribution in [0.1, 0.15) is 38.1 Å². The number of fused-ring (bicyclic) bond motifs is 1. The molecule has 1 aliphatic heterocycles. The molecule has 1 aromatic heterocycles. The summed E-state index contributed by atoms with van der Waals surface area (Å²) < 4.78 is 43.3. The van der Waals surface area contributed by atoms with E-state index in [2.05, 4.69) is 4.98 Å². The van der Waals surface area contributed by atoms with Gasteiger partial charge in [-0.05, 0) is 38.3 Å². The van der Waals surface area contributed by atoms with Gasteiger partial charge in [0.15, 0.2) is 0 Å². The fraction of sp³-hybridized carbons (Fsp3) is 0.571. The quantitative estimate of drug-likeness (QED) is 0.910. The zero-order valence-electron chi connectivity index (χ0n) is 12.4. The summed E-state index contributed by atoms with van der Waals surface area (Å²) in [6, 6.07) is 2.09. The average molecular weight is 317 g/mol. The van der Waals surface area contributed by atoms with Crippen LogP contribution in [0.15, 0.2) is 12.1 Å². The number of aryl methyl sites for hydroxylation is 1. The van der Waals surface area contributed by atoms with Gasteiger partial charge in [0.1, 0.15) is 5.69 Å². The zero-order valence-corrected chi connectivity index (χ0v) is 12.4. The summed E-state index contributed by atoms with van der Waals surface area (Å²) >= 11 is 0. The van der Waals surface area contributed by atoms with Crippen LogP contribution in [0.4, 0.5) is 23.7 Å². The molecule has 0 aromatic carbocycles. The largest absolute Gasteiger partial charge is 0.449 e. The molecule has 5 nitrogen and oxygen atoms in total. The lowest BCUT2D eigenvalue weighted by Crippen LogP contribution is -2.61. The maximum Gasteiger partial charge on any atom is 0.433 e. The van der Waals surface area contributed by atoms with E-state index < -0.39 is 23.6 Å². The first-order valence-electron chi connectivity index (χ1n) is 7.06. The first-order valence-corrected chi connectivity index (χ1v) is 7.06. The number of anilines is 1. The normalized spacial score (nSPS) is 21.5. The Bertz CT molecular complexity index is 577. The van der Waals surface area contributed by atoms with Gasteiger partial charge in [-0.2, -0.15) is 13.2 Å². The van der Waals surface area contributed by atoms with Gasteiger partial charge in [0.05, 0.1) is 23.7 Å². The Hall–Kier alpha value is -1.83. The molecule has 0 aliphatic carbocycles. The van der Waals surface area contributed by atoms with E-state index in [1.165, 1.54) is 11.0 Å². The number of pyridine rings is 1. The smallest absolute Gasteiger partial charge is 0.433 e. The zero-order chi connectivity index (χ0) is 16.5. The molecule has 0 fully saturated rings. The number of nitrogens with zero attached hydrogens (tertiary/aromatic N) is 2. The molecule has 1 unspecified atom stereocenters. The van der Waals surface area contributed by atoms with Crippen LogP contribution < -0.4 is 10.6 Å². The number of aromatic nitrogens is 1. The van der Waals surface area contributed by atoms with Crippen molar-refractivity contribution in [1.82, 2.24) is 4.98 Å². The lowest BCUT2D eigenvalue weighted by Gasteiger charge is -2.43. The third-order valence-corrected chi connectivity index (χ3v) is 3.78. The Morgan fingerprint density at radius 3 is 2.68 bits per heavy atom. The number of halogens is 3. The molecule has 0 radical (unpaired) electrons. The summed E-state index contributed by atoms with van der Waals surface area (Å²) in [6.07, 6.45) is -4.14. The number of amides is 1. The van der Waals surface area contributed by atoms with Crippen LogP contribution in [-0.4, -0.2) is 23.3 Å². The number of carbonyl (C=O) groups is 1. The van der Waals surface area contributed by atoms with Gasteiger partial charge >= 0.3 is 12.3 Å². The van der Waals surface area contributed by atoms with Crippen LogP contribution in [0.2, 0.25) is 0 Å². The molecule has 22 heavy (non-hydrogen) atoms. The van der Waals surface area contributed by atoms with Crippen molar-refractivity contribution < 1.29 is 22.7 Å². The predicted octanol–water partition coefficient (Wildman–Crippen LogP) is 3.07. The average Bonchev–Trinajstić information content (AvgIpc) is 2.45. The van der Waals surface area contributed by atoms with E-state index in [-0.39, 0.29) is 24.4 Å². The molecule has 1 atom stereocenters. The minimum absolute atomic E-state index is 0.151. The third kappa shape index (κ3) is 2.87. The van der Waals surface area contributed by atoms with Crippen molar-refractivity contribution in [3.63, 3.8) is 0 Å². The van der Waals surface area contributed by atoms with E-state index in [4.69, 9.17) is 10.5 Å². The molecule has 1 aliphatic rings. The van der Waals surface area contributed by atoms with E-state index in [9.17, 15) is 18.0 Å². The molecule has 2 heterocycles. The number of carbonyl (C=O) groups excluding carboxylic acids is 1. The molecule has 2 rings (SSSR count). The first kappa shape index (κ1) is 16.5. The van der Waals surface area contributed by atoms with E-state index in [1.807, 2.05) is 6.92 Å². The summed E-state index contributed by atoms with van der Waals surface area (Å²) in [6.45, 7) is 3.62. The first-order chi connectivity index (χ1) is 10.2. The van der Waals surface area contributed by atoms with Gasteiger partial charge in [0.2, 0.25) is 0 Å². The van der Waals surface area contributed by atoms with Gasteiger partial charge in [-0.15, -0.1) is 0 Å². The van der Waals surface area contributed by atoms with Crippen molar-refractivity contribution in [3.05, 3.63) is 23.5 Å². The van der Waals surface area contributed by atoms with Crippen LogP contribution in [0.3, 0.4) is 0 Å². The minimum atomic E-state index is -4.52. The second-order valence-corrected chi connectivity index (χ2v) is 5.15. The van der Waals surface area contributed by atoms with Crippen molar-refractivity contribution >= 4 is 11.8 Å². The van der Waals surface area contributed by atoms with Crippen LogP contribution in [0.5, 0.6) is 0 Å². The number of ether oxygens (including phenoxy) is 1.